The first-order valence-corrected chi connectivity index (χ1v) is 4.70. The first kappa shape index (κ1) is 9.33. The minimum absolute atomic E-state index is 0.282. The fourth-order valence-electron chi connectivity index (χ4n) is 1.60. The highest BCUT2D eigenvalue weighted by molar-refractivity contribution is 5.26. The van der Waals surface area contributed by atoms with Gasteiger partial charge in [-0.05, 0) is 6.08 Å². The molecule has 5 heteroatoms. The minimum Gasteiger partial charge on any atom is -0.401 e. The molecule has 0 radical (unpaired) electrons. The fraction of sp³-hybridized carbons (Fsp3) is 0.556. The van der Waals surface area contributed by atoms with Gasteiger partial charge in [-0.3, -0.25) is 0 Å². The van der Waals surface area contributed by atoms with Gasteiger partial charge >= 0.3 is 0 Å². The number of rotatable bonds is 1. The van der Waals surface area contributed by atoms with E-state index in [-0.39, 0.29) is 5.83 Å². The molecular weight excluding hydrogens is 185 g/mol. The van der Waals surface area contributed by atoms with Crippen LogP contribution in [0.2, 0.25) is 0 Å². The molecule has 3 N–H and O–H groups in total. The Morgan fingerprint density at radius 1 is 1.43 bits per heavy atom. The summed E-state index contributed by atoms with van der Waals surface area (Å²) in [4.78, 5) is 1.95. The molecule has 1 saturated heterocycles. The Morgan fingerprint density at radius 2 is 2.14 bits per heavy atom. The molecule has 1 fully saturated rings. The topological polar surface area (TPSA) is 50.5 Å². The van der Waals surface area contributed by atoms with Gasteiger partial charge in [-0.15, -0.1) is 0 Å². The Balaban J connectivity index is 2.12. The van der Waals surface area contributed by atoms with E-state index in [0.29, 0.717) is 31.3 Å². The summed E-state index contributed by atoms with van der Waals surface area (Å²) >= 11 is 0. The summed E-state index contributed by atoms with van der Waals surface area (Å²) in [6.45, 7) is 3.27. The van der Waals surface area contributed by atoms with E-state index < -0.39 is 0 Å². The molecule has 0 aromatic heterocycles. The SMILES string of the molecule is NC1=CC(F)=C(N2CCOCC2)NC1. The molecule has 14 heavy (non-hydrogen) atoms. The Kier molecular flexibility index (Phi) is 2.58. The van der Waals surface area contributed by atoms with Crippen molar-refractivity contribution < 1.29 is 9.13 Å². The second-order valence-corrected chi connectivity index (χ2v) is 3.37. The molecule has 2 aliphatic heterocycles. The molecule has 2 rings (SSSR count). The van der Waals surface area contributed by atoms with Gasteiger partial charge in [0.2, 0.25) is 0 Å². The lowest BCUT2D eigenvalue weighted by Gasteiger charge is -2.32. The van der Waals surface area contributed by atoms with Gasteiger partial charge in [0.1, 0.15) is 5.82 Å². The Morgan fingerprint density at radius 3 is 2.79 bits per heavy atom. The number of dihydropyridines is 1. The molecule has 0 aliphatic carbocycles. The summed E-state index contributed by atoms with van der Waals surface area (Å²) in [7, 11) is 0. The van der Waals surface area contributed by atoms with E-state index >= 15 is 0 Å². The molecular formula is C9H14FN3O. The zero-order valence-corrected chi connectivity index (χ0v) is 7.92. The zero-order valence-electron chi connectivity index (χ0n) is 7.92. The predicted octanol–water partition coefficient (Wildman–Crippen LogP) is -0.0970. The van der Waals surface area contributed by atoms with Gasteiger partial charge in [0, 0.05) is 18.8 Å². The molecule has 0 aromatic rings. The fourth-order valence-corrected chi connectivity index (χ4v) is 1.60. The maximum absolute atomic E-state index is 13.5. The second kappa shape index (κ2) is 3.88. The van der Waals surface area contributed by atoms with E-state index in [1.54, 1.807) is 0 Å². The molecule has 4 nitrogen and oxygen atoms in total. The Hall–Kier alpha value is -1.23. The van der Waals surface area contributed by atoms with Crippen molar-refractivity contribution in [3.63, 3.8) is 0 Å². The highest BCUT2D eigenvalue weighted by Crippen LogP contribution is 2.16. The number of ether oxygens (including phenoxy) is 1. The maximum atomic E-state index is 13.5. The van der Waals surface area contributed by atoms with Crippen LogP contribution in [-0.4, -0.2) is 37.7 Å². The van der Waals surface area contributed by atoms with Gasteiger partial charge in [-0.25, -0.2) is 4.39 Å². The van der Waals surface area contributed by atoms with Gasteiger partial charge < -0.3 is 20.7 Å². The minimum atomic E-state index is -0.282. The van der Waals surface area contributed by atoms with Gasteiger partial charge in [-0.2, -0.15) is 0 Å². The molecule has 0 amide bonds. The monoisotopic (exact) mass is 199 g/mol. The van der Waals surface area contributed by atoms with Crippen molar-refractivity contribution in [2.24, 2.45) is 5.73 Å². The van der Waals surface area contributed by atoms with Gasteiger partial charge in [-0.1, -0.05) is 0 Å². The highest BCUT2D eigenvalue weighted by Gasteiger charge is 2.19. The third-order valence-corrected chi connectivity index (χ3v) is 2.33. The van der Waals surface area contributed by atoms with E-state index in [9.17, 15) is 4.39 Å². The molecule has 0 spiro atoms. The van der Waals surface area contributed by atoms with Crippen LogP contribution < -0.4 is 11.1 Å². The summed E-state index contributed by atoms with van der Waals surface area (Å²) in [6, 6.07) is 0. The largest absolute Gasteiger partial charge is 0.401 e. The van der Waals surface area contributed by atoms with Gasteiger partial charge in [0.25, 0.3) is 0 Å². The Labute approximate surface area is 82.2 Å². The van der Waals surface area contributed by atoms with Crippen molar-refractivity contribution in [3.05, 3.63) is 23.4 Å². The quantitative estimate of drug-likeness (QED) is 0.619. The number of hydrogen-bond donors (Lipinski definition) is 2. The zero-order chi connectivity index (χ0) is 9.97. The number of nitrogens with one attached hydrogen (secondary N) is 1. The number of nitrogens with two attached hydrogens (primary N) is 1. The third kappa shape index (κ3) is 1.82. The first-order valence-electron chi connectivity index (χ1n) is 4.70. The lowest BCUT2D eigenvalue weighted by atomic mass is 10.2. The van der Waals surface area contributed by atoms with Crippen LogP contribution in [0.5, 0.6) is 0 Å². The maximum Gasteiger partial charge on any atom is 0.165 e. The van der Waals surface area contributed by atoms with Crippen LogP contribution in [0.25, 0.3) is 0 Å². The molecule has 0 unspecified atom stereocenters. The van der Waals surface area contributed by atoms with E-state index in [4.69, 9.17) is 10.5 Å². The van der Waals surface area contributed by atoms with Crippen molar-refractivity contribution >= 4 is 0 Å². The first-order chi connectivity index (χ1) is 6.77. The van der Waals surface area contributed by atoms with E-state index in [1.807, 2.05) is 4.90 Å². The molecule has 0 bridgehead atoms. The number of allylic oxidation sites excluding steroid dienone is 2. The van der Waals surface area contributed by atoms with Crippen LogP contribution in [0.3, 0.4) is 0 Å². The average Bonchev–Trinajstić information content (AvgIpc) is 2.19. The lowest BCUT2D eigenvalue weighted by Crippen LogP contribution is -2.42. The normalized spacial score (nSPS) is 23.2. The van der Waals surface area contributed by atoms with Gasteiger partial charge in [0.05, 0.1) is 19.8 Å². The van der Waals surface area contributed by atoms with Crippen molar-refractivity contribution in [3.8, 4) is 0 Å². The third-order valence-electron chi connectivity index (χ3n) is 2.33. The van der Waals surface area contributed by atoms with E-state index in [1.165, 1.54) is 6.08 Å². The standard InChI is InChI=1S/C9H14FN3O/c10-8-5-7(11)6-12-9(8)13-1-3-14-4-2-13/h5,12H,1-4,6,11H2. The van der Waals surface area contributed by atoms with E-state index in [2.05, 4.69) is 5.32 Å². The number of morpholine rings is 1. The molecule has 0 saturated carbocycles. The van der Waals surface area contributed by atoms with E-state index in [0.717, 1.165) is 13.1 Å². The van der Waals surface area contributed by atoms with Crippen molar-refractivity contribution in [1.29, 1.82) is 0 Å². The molecule has 0 aromatic carbocycles. The summed E-state index contributed by atoms with van der Waals surface area (Å²) in [5.41, 5.74) is 6.03. The van der Waals surface area contributed by atoms with Crippen molar-refractivity contribution in [2.75, 3.05) is 32.8 Å². The summed E-state index contributed by atoms with van der Waals surface area (Å²) in [5.74, 6) is 0.262. The second-order valence-electron chi connectivity index (χ2n) is 3.37. The Bertz CT molecular complexity index is 282. The summed E-state index contributed by atoms with van der Waals surface area (Å²) in [6.07, 6.45) is 1.38. The van der Waals surface area contributed by atoms with Crippen LogP contribution in [0.4, 0.5) is 4.39 Å². The molecule has 2 aliphatic rings. The van der Waals surface area contributed by atoms with Crippen LogP contribution in [0, 0.1) is 0 Å². The van der Waals surface area contributed by atoms with Crippen LogP contribution in [0.1, 0.15) is 0 Å². The molecule has 2 heterocycles. The molecule has 0 atom stereocenters. The number of hydrogen-bond acceptors (Lipinski definition) is 4. The molecule has 78 valence electrons. The number of nitrogens with zero attached hydrogens (tertiary/aromatic N) is 1. The van der Waals surface area contributed by atoms with Crippen LogP contribution in [-0.2, 0) is 4.74 Å². The lowest BCUT2D eigenvalue weighted by molar-refractivity contribution is 0.0490. The number of halogens is 1. The smallest absolute Gasteiger partial charge is 0.165 e. The summed E-state index contributed by atoms with van der Waals surface area (Å²) < 4.78 is 18.7. The van der Waals surface area contributed by atoms with Gasteiger partial charge in [0.15, 0.2) is 5.83 Å². The predicted molar refractivity (Wildman–Crippen MR) is 50.8 cm³/mol. The highest BCUT2D eigenvalue weighted by atomic mass is 19.1. The van der Waals surface area contributed by atoms with Crippen molar-refractivity contribution in [1.82, 2.24) is 10.2 Å². The van der Waals surface area contributed by atoms with Crippen molar-refractivity contribution in [2.45, 2.75) is 0 Å². The average molecular weight is 199 g/mol. The summed E-state index contributed by atoms with van der Waals surface area (Å²) in [5, 5.41) is 2.97. The van der Waals surface area contributed by atoms with Crippen LogP contribution in [0.15, 0.2) is 23.4 Å². The van der Waals surface area contributed by atoms with Crippen LogP contribution >= 0.6 is 0 Å².